The Balaban J connectivity index is 2.35. The van der Waals surface area contributed by atoms with Gasteiger partial charge in [0.25, 0.3) is 0 Å². The van der Waals surface area contributed by atoms with Crippen molar-refractivity contribution in [2.24, 2.45) is 0 Å². The maximum atomic E-state index is 14.5. The van der Waals surface area contributed by atoms with Gasteiger partial charge in [-0.05, 0) is 44.4 Å². The number of amides is 1. The number of nitrogens with zero attached hydrogens (tertiary/aromatic N) is 2. The van der Waals surface area contributed by atoms with Crippen molar-refractivity contribution < 1.29 is 23.6 Å². The van der Waals surface area contributed by atoms with Crippen molar-refractivity contribution in [3.63, 3.8) is 0 Å². The van der Waals surface area contributed by atoms with Crippen LogP contribution >= 0.6 is 11.6 Å². The second-order valence-corrected chi connectivity index (χ2v) is 7.99. The number of halogens is 2. The summed E-state index contributed by atoms with van der Waals surface area (Å²) < 4.78 is 25.0. The van der Waals surface area contributed by atoms with Crippen LogP contribution in [0.4, 0.5) is 14.9 Å². The van der Waals surface area contributed by atoms with E-state index in [1.54, 1.807) is 20.8 Å². The average molecular weight is 439 g/mol. The smallest absolute Gasteiger partial charge is 0.410 e. The molecule has 7 nitrogen and oxygen atoms in total. The summed E-state index contributed by atoms with van der Waals surface area (Å²) in [5.74, 6) is -1.48. The number of benzene rings is 2. The van der Waals surface area contributed by atoms with Crippen LogP contribution in [0, 0.1) is 15.9 Å². The molecule has 0 saturated carbocycles. The molecule has 0 saturated heterocycles. The fourth-order valence-corrected chi connectivity index (χ4v) is 2.96. The molecule has 30 heavy (non-hydrogen) atoms. The second kappa shape index (κ2) is 9.75. The van der Waals surface area contributed by atoms with Gasteiger partial charge in [-0.1, -0.05) is 41.9 Å². The van der Waals surface area contributed by atoms with E-state index in [0.717, 1.165) is 5.56 Å². The van der Waals surface area contributed by atoms with E-state index in [9.17, 15) is 19.3 Å². The SMILES string of the molecule is COc1cc(CN(CCc2ccccc2)C(=O)OC(C)(C)C)c(Cl)c(F)c1[N+](=O)[O-]. The third-order valence-corrected chi connectivity index (χ3v) is 4.56. The third kappa shape index (κ3) is 6.06. The van der Waals surface area contributed by atoms with Gasteiger partial charge in [-0.15, -0.1) is 0 Å². The highest BCUT2D eigenvalue weighted by Gasteiger charge is 2.29. The molecule has 0 aliphatic rings. The van der Waals surface area contributed by atoms with E-state index in [4.69, 9.17) is 21.1 Å². The molecule has 2 aromatic rings. The maximum absolute atomic E-state index is 14.5. The monoisotopic (exact) mass is 438 g/mol. The van der Waals surface area contributed by atoms with Crippen LogP contribution in [0.5, 0.6) is 5.75 Å². The predicted molar refractivity (Wildman–Crippen MR) is 111 cm³/mol. The highest BCUT2D eigenvalue weighted by molar-refractivity contribution is 6.31. The summed E-state index contributed by atoms with van der Waals surface area (Å²) in [6, 6.07) is 10.8. The summed E-state index contributed by atoms with van der Waals surface area (Å²) >= 11 is 6.06. The van der Waals surface area contributed by atoms with Crippen LogP contribution in [0.25, 0.3) is 0 Å². The zero-order chi connectivity index (χ0) is 22.5. The van der Waals surface area contributed by atoms with Gasteiger partial charge in [0.05, 0.1) is 23.6 Å². The van der Waals surface area contributed by atoms with Crippen molar-refractivity contribution in [3.8, 4) is 5.75 Å². The Labute approximate surface area is 179 Å². The van der Waals surface area contributed by atoms with Gasteiger partial charge in [-0.25, -0.2) is 4.79 Å². The third-order valence-electron chi connectivity index (χ3n) is 4.15. The quantitative estimate of drug-likeness (QED) is 0.428. The van der Waals surface area contributed by atoms with Gasteiger partial charge in [0.1, 0.15) is 5.60 Å². The molecule has 0 unspecified atom stereocenters. The van der Waals surface area contributed by atoms with Crippen molar-refractivity contribution in [2.75, 3.05) is 13.7 Å². The summed E-state index contributed by atoms with van der Waals surface area (Å²) in [5, 5.41) is 10.7. The number of carbonyl (C=O) groups is 1. The first-order valence-corrected chi connectivity index (χ1v) is 9.62. The molecule has 1 amide bonds. The van der Waals surface area contributed by atoms with Crippen LogP contribution < -0.4 is 4.74 Å². The van der Waals surface area contributed by atoms with Gasteiger partial charge < -0.3 is 14.4 Å². The fraction of sp³-hybridized carbons (Fsp3) is 0.381. The van der Waals surface area contributed by atoms with Crippen LogP contribution in [0.2, 0.25) is 5.02 Å². The fourth-order valence-electron chi connectivity index (χ4n) is 2.76. The lowest BCUT2D eigenvalue weighted by Crippen LogP contribution is -2.37. The molecule has 0 radical (unpaired) electrons. The van der Waals surface area contributed by atoms with E-state index in [1.807, 2.05) is 30.3 Å². The van der Waals surface area contributed by atoms with E-state index in [0.29, 0.717) is 6.42 Å². The normalized spacial score (nSPS) is 11.1. The lowest BCUT2D eigenvalue weighted by atomic mass is 10.1. The first-order valence-electron chi connectivity index (χ1n) is 9.24. The number of hydrogen-bond donors (Lipinski definition) is 0. The summed E-state index contributed by atoms with van der Waals surface area (Å²) in [6.07, 6.45) is -0.0724. The first kappa shape index (κ1) is 23.4. The second-order valence-electron chi connectivity index (χ2n) is 7.61. The first-order chi connectivity index (χ1) is 14.0. The molecule has 9 heteroatoms. The summed E-state index contributed by atoms with van der Waals surface area (Å²) in [4.78, 5) is 24.4. The molecule has 0 spiro atoms. The molecule has 2 aromatic carbocycles. The molecule has 0 heterocycles. The number of hydrogen-bond acceptors (Lipinski definition) is 5. The number of carbonyl (C=O) groups excluding carboxylic acids is 1. The molecule has 0 fully saturated rings. The Hall–Kier alpha value is -2.87. The number of rotatable bonds is 7. The molecule has 0 aromatic heterocycles. The lowest BCUT2D eigenvalue weighted by Gasteiger charge is -2.28. The van der Waals surface area contributed by atoms with Crippen LogP contribution in [-0.4, -0.2) is 35.2 Å². The Kier molecular flexibility index (Phi) is 7.61. The van der Waals surface area contributed by atoms with E-state index in [2.05, 4.69) is 0 Å². The van der Waals surface area contributed by atoms with E-state index < -0.39 is 33.1 Å². The zero-order valence-electron chi connectivity index (χ0n) is 17.3. The number of nitro benzene ring substituents is 1. The van der Waals surface area contributed by atoms with E-state index >= 15 is 0 Å². The van der Waals surface area contributed by atoms with Gasteiger partial charge in [0.2, 0.25) is 11.6 Å². The van der Waals surface area contributed by atoms with E-state index in [-0.39, 0.29) is 24.4 Å². The van der Waals surface area contributed by atoms with Crippen LogP contribution in [0.1, 0.15) is 31.9 Å². The largest absolute Gasteiger partial charge is 0.490 e. The molecule has 162 valence electrons. The number of nitro groups is 1. The minimum Gasteiger partial charge on any atom is -0.490 e. The van der Waals surface area contributed by atoms with Gasteiger partial charge in [0.15, 0.2) is 0 Å². The Bertz CT molecular complexity index is 916. The minimum atomic E-state index is -1.21. The van der Waals surface area contributed by atoms with Gasteiger partial charge in [-0.3, -0.25) is 10.1 Å². The molecular weight excluding hydrogens is 415 g/mol. The Morgan fingerprint density at radius 2 is 1.90 bits per heavy atom. The van der Waals surface area contributed by atoms with Gasteiger partial charge in [-0.2, -0.15) is 4.39 Å². The van der Waals surface area contributed by atoms with Crippen molar-refractivity contribution in [1.82, 2.24) is 4.90 Å². The molecule has 0 atom stereocenters. The standard InChI is InChI=1S/C21H24ClFN2O5/c1-21(2,3)30-20(26)24(11-10-14-8-6-5-7-9-14)13-15-12-16(29-4)19(25(27)28)18(23)17(15)22/h5-9,12H,10-11,13H2,1-4H3. The summed E-state index contributed by atoms with van der Waals surface area (Å²) in [6.45, 7) is 5.38. The molecule has 0 N–H and O–H groups in total. The summed E-state index contributed by atoms with van der Waals surface area (Å²) in [5.41, 5.74) is -0.399. The topological polar surface area (TPSA) is 81.9 Å². The molecule has 0 bridgehead atoms. The van der Waals surface area contributed by atoms with Crippen LogP contribution in [0.15, 0.2) is 36.4 Å². The highest BCUT2D eigenvalue weighted by Crippen LogP contribution is 2.37. The predicted octanol–water partition coefficient (Wildman–Crippen LogP) is 5.38. The molecule has 2 rings (SSSR count). The van der Waals surface area contributed by atoms with Crippen molar-refractivity contribution in [3.05, 3.63) is 68.5 Å². The van der Waals surface area contributed by atoms with E-state index in [1.165, 1.54) is 18.1 Å². The van der Waals surface area contributed by atoms with Crippen LogP contribution in [-0.2, 0) is 17.7 Å². The number of methoxy groups -OCH3 is 1. The van der Waals surface area contributed by atoms with Gasteiger partial charge in [0, 0.05) is 6.54 Å². The van der Waals surface area contributed by atoms with Crippen molar-refractivity contribution in [1.29, 1.82) is 0 Å². The van der Waals surface area contributed by atoms with Crippen molar-refractivity contribution >= 4 is 23.4 Å². The number of ether oxygens (including phenoxy) is 2. The maximum Gasteiger partial charge on any atom is 0.410 e. The molecular formula is C21H24ClFN2O5. The zero-order valence-corrected chi connectivity index (χ0v) is 18.0. The highest BCUT2D eigenvalue weighted by atomic mass is 35.5. The molecule has 0 aliphatic heterocycles. The van der Waals surface area contributed by atoms with Gasteiger partial charge >= 0.3 is 11.8 Å². The lowest BCUT2D eigenvalue weighted by molar-refractivity contribution is -0.388. The minimum absolute atomic E-state index is 0.105. The van der Waals surface area contributed by atoms with Crippen LogP contribution in [0.3, 0.4) is 0 Å². The summed E-state index contributed by atoms with van der Waals surface area (Å²) in [7, 11) is 1.19. The Morgan fingerprint density at radius 1 is 1.27 bits per heavy atom. The van der Waals surface area contributed by atoms with Crippen molar-refractivity contribution in [2.45, 2.75) is 39.3 Å². The Morgan fingerprint density at radius 3 is 2.43 bits per heavy atom. The average Bonchev–Trinajstić information content (AvgIpc) is 2.67. The molecule has 0 aliphatic carbocycles.